The molecule has 0 radical (unpaired) electrons. The maximum atomic E-state index is 11.8. The van der Waals surface area contributed by atoms with Crippen LogP contribution in [0, 0.1) is 0 Å². The number of hydrazine groups is 1. The molecule has 0 saturated heterocycles. The molecule has 0 aromatic carbocycles. The first kappa shape index (κ1) is 14.7. The Labute approximate surface area is 114 Å². The third kappa shape index (κ3) is 3.81. The minimum Gasteiger partial charge on any atom is -0.358 e. The Hall–Kier alpha value is -1.41. The van der Waals surface area contributed by atoms with Gasteiger partial charge in [-0.25, -0.2) is 15.8 Å². The minimum absolute atomic E-state index is 0.0943. The van der Waals surface area contributed by atoms with E-state index in [4.69, 9.17) is 5.84 Å². The summed E-state index contributed by atoms with van der Waals surface area (Å²) in [5.41, 5.74) is 2.43. The molecule has 1 aromatic rings. The summed E-state index contributed by atoms with van der Waals surface area (Å²) in [6.45, 7) is 5.56. The SMILES string of the molecule is CC(C)NC(=O)C(C)Nc1ncnc(NN)c1Br. The molecule has 100 valence electrons. The van der Waals surface area contributed by atoms with Crippen LogP contribution in [0.4, 0.5) is 11.6 Å². The zero-order chi connectivity index (χ0) is 13.7. The number of nitrogen functional groups attached to an aromatic ring is 1. The normalized spacial score (nSPS) is 12.1. The summed E-state index contributed by atoms with van der Waals surface area (Å²) in [6.07, 6.45) is 1.36. The molecule has 1 unspecified atom stereocenters. The standard InChI is InChI=1S/C10H17BrN6O/c1-5(2)15-10(18)6(3)16-8-7(11)9(17-12)14-4-13-8/h4-6H,12H2,1-3H3,(H,15,18)(H2,13,14,16,17). The number of nitrogens with two attached hydrogens (primary N) is 1. The fourth-order valence-electron chi connectivity index (χ4n) is 1.25. The smallest absolute Gasteiger partial charge is 0.242 e. The van der Waals surface area contributed by atoms with E-state index < -0.39 is 6.04 Å². The Bertz CT molecular complexity index is 425. The van der Waals surface area contributed by atoms with E-state index in [1.807, 2.05) is 13.8 Å². The van der Waals surface area contributed by atoms with Crippen molar-refractivity contribution in [2.75, 3.05) is 10.7 Å². The number of anilines is 2. The van der Waals surface area contributed by atoms with E-state index in [0.29, 0.717) is 16.1 Å². The van der Waals surface area contributed by atoms with Crippen LogP contribution in [0.25, 0.3) is 0 Å². The van der Waals surface area contributed by atoms with Gasteiger partial charge < -0.3 is 16.1 Å². The monoisotopic (exact) mass is 316 g/mol. The number of carbonyl (C=O) groups excluding carboxylic acids is 1. The van der Waals surface area contributed by atoms with Crippen molar-refractivity contribution in [3.63, 3.8) is 0 Å². The van der Waals surface area contributed by atoms with Crippen LogP contribution in [0.3, 0.4) is 0 Å². The lowest BCUT2D eigenvalue weighted by Crippen LogP contribution is -2.41. The first-order valence-corrected chi connectivity index (χ1v) is 6.29. The van der Waals surface area contributed by atoms with Gasteiger partial charge in [0.25, 0.3) is 0 Å². The molecule has 0 bridgehead atoms. The Morgan fingerprint density at radius 3 is 2.50 bits per heavy atom. The molecule has 1 atom stereocenters. The van der Waals surface area contributed by atoms with Gasteiger partial charge in [0.1, 0.15) is 22.7 Å². The maximum absolute atomic E-state index is 11.8. The molecule has 18 heavy (non-hydrogen) atoms. The van der Waals surface area contributed by atoms with Gasteiger partial charge in [0.2, 0.25) is 5.91 Å². The van der Waals surface area contributed by atoms with E-state index in [2.05, 4.69) is 42.0 Å². The molecule has 1 aromatic heterocycles. The highest BCUT2D eigenvalue weighted by molar-refractivity contribution is 9.10. The van der Waals surface area contributed by atoms with Crippen LogP contribution in [-0.2, 0) is 4.79 Å². The number of amides is 1. The summed E-state index contributed by atoms with van der Waals surface area (Å²) < 4.78 is 0.580. The van der Waals surface area contributed by atoms with E-state index in [-0.39, 0.29) is 11.9 Å². The number of halogens is 1. The number of nitrogens with one attached hydrogen (secondary N) is 3. The van der Waals surface area contributed by atoms with Crippen LogP contribution in [0.1, 0.15) is 20.8 Å². The van der Waals surface area contributed by atoms with Crippen molar-refractivity contribution in [2.24, 2.45) is 5.84 Å². The highest BCUT2D eigenvalue weighted by atomic mass is 79.9. The first-order valence-electron chi connectivity index (χ1n) is 5.49. The lowest BCUT2D eigenvalue weighted by Gasteiger charge is -2.17. The largest absolute Gasteiger partial charge is 0.358 e. The number of hydrogen-bond acceptors (Lipinski definition) is 6. The highest BCUT2D eigenvalue weighted by Crippen LogP contribution is 2.26. The van der Waals surface area contributed by atoms with Crippen LogP contribution in [0.15, 0.2) is 10.8 Å². The van der Waals surface area contributed by atoms with Crippen molar-refractivity contribution in [1.82, 2.24) is 15.3 Å². The lowest BCUT2D eigenvalue weighted by molar-refractivity contribution is -0.122. The van der Waals surface area contributed by atoms with Gasteiger partial charge in [0.15, 0.2) is 5.82 Å². The van der Waals surface area contributed by atoms with Gasteiger partial charge in [0, 0.05) is 6.04 Å². The van der Waals surface area contributed by atoms with Gasteiger partial charge in [-0.05, 0) is 36.7 Å². The molecule has 0 fully saturated rings. The van der Waals surface area contributed by atoms with E-state index in [9.17, 15) is 4.79 Å². The van der Waals surface area contributed by atoms with Gasteiger partial charge in [-0.15, -0.1) is 0 Å². The number of hydrogen-bond donors (Lipinski definition) is 4. The van der Waals surface area contributed by atoms with Crippen LogP contribution in [0.2, 0.25) is 0 Å². The number of rotatable bonds is 5. The van der Waals surface area contributed by atoms with Crippen molar-refractivity contribution in [2.45, 2.75) is 32.9 Å². The van der Waals surface area contributed by atoms with Gasteiger partial charge in [-0.1, -0.05) is 0 Å². The average molecular weight is 317 g/mol. The van der Waals surface area contributed by atoms with Crippen LogP contribution in [0.5, 0.6) is 0 Å². The molecule has 1 amide bonds. The van der Waals surface area contributed by atoms with E-state index >= 15 is 0 Å². The molecule has 0 aliphatic rings. The third-order valence-electron chi connectivity index (χ3n) is 2.10. The van der Waals surface area contributed by atoms with Crippen molar-refractivity contribution < 1.29 is 4.79 Å². The summed E-state index contributed by atoms with van der Waals surface area (Å²) >= 11 is 3.31. The second-order valence-electron chi connectivity index (χ2n) is 4.06. The molecule has 1 heterocycles. The fourth-order valence-corrected chi connectivity index (χ4v) is 1.68. The first-order chi connectivity index (χ1) is 8.45. The highest BCUT2D eigenvalue weighted by Gasteiger charge is 2.16. The molecule has 8 heteroatoms. The summed E-state index contributed by atoms with van der Waals surface area (Å²) in [6, 6.07) is -0.318. The van der Waals surface area contributed by atoms with Crippen LogP contribution >= 0.6 is 15.9 Å². The fraction of sp³-hybridized carbons (Fsp3) is 0.500. The zero-order valence-corrected chi connectivity index (χ0v) is 12.1. The van der Waals surface area contributed by atoms with Crippen molar-refractivity contribution in [3.05, 3.63) is 10.8 Å². The van der Waals surface area contributed by atoms with E-state index in [0.717, 1.165) is 0 Å². The number of carbonyl (C=O) groups is 1. The van der Waals surface area contributed by atoms with E-state index in [1.165, 1.54) is 6.33 Å². The Kier molecular flexibility index (Phi) is 5.29. The Morgan fingerprint density at radius 1 is 1.33 bits per heavy atom. The summed E-state index contributed by atoms with van der Waals surface area (Å²) in [7, 11) is 0. The quantitative estimate of drug-likeness (QED) is 0.474. The molecule has 5 N–H and O–H groups in total. The minimum atomic E-state index is -0.413. The summed E-state index contributed by atoms with van der Waals surface area (Å²) in [5, 5.41) is 5.79. The Balaban J connectivity index is 2.75. The average Bonchev–Trinajstić information content (AvgIpc) is 2.30. The van der Waals surface area contributed by atoms with Gasteiger partial charge >= 0.3 is 0 Å². The number of nitrogens with zero attached hydrogens (tertiary/aromatic N) is 2. The van der Waals surface area contributed by atoms with Crippen molar-refractivity contribution in [3.8, 4) is 0 Å². The van der Waals surface area contributed by atoms with Crippen molar-refractivity contribution in [1.29, 1.82) is 0 Å². The molecule has 1 rings (SSSR count). The molecule has 0 spiro atoms. The molecule has 0 aliphatic heterocycles. The molecule has 0 saturated carbocycles. The van der Waals surface area contributed by atoms with Crippen molar-refractivity contribution >= 4 is 33.5 Å². The lowest BCUT2D eigenvalue weighted by atomic mass is 10.3. The summed E-state index contributed by atoms with van der Waals surface area (Å²) in [4.78, 5) is 19.7. The number of aromatic nitrogens is 2. The van der Waals surface area contributed by atoms with Gasteiger partial charge in [0.05, 0.1) is 0 Å². The zero-order valence-electron chi connectivity index (χ0n) is 10.5. The Morgan fingerprint density at radius 2 is 1.94 bits per heavy atom. The molecule has 0 aliphatic carbocycles. The van der Waals surface area contributed by atoms with E-state index in [1.54, 1.807) is 6.92 Å². The second-order valence-corrected chi connectivity index (χ2v) is 4.85. The topological polar surface area (TPSA) is 105 Å². The predicted octanol–water partition coefficient (Wildman–Crippen LogP) is 0.850. The molecular weight excluding hydrogens is 300 g/mol. The maximum Gasteiger partial charge on any atom is 0.242 e. The molecule has 7 nitrogen and oxygen atoms in total. The third-order valence-corrected chi connectivity index (χ3v) is 2.85. The van der Waals surface area contributed by atoms with Crippen LogP contribution < -0.4 is 21.9 Å². The molecular formula is C10H17BrN6O. The summed E-state index contributed by atoms with van der Waals surface area (Å²) in [5.74, 6) is 6.15. The van der Waals surface area contributed by atoms with Gasteiger partial charge in [-0.3, -0.25) is 4.79 Å². The predicted molar refractivity (Wildman–Crippen MR) is 73.9 cm³/mol. The van der Waals surface area contributed by atoms with Gasteiger partial charge in [-0.2, -0.15) is 0 Å². The van der Waals surface area contributed by atoms with Crippen LogP contribution in [-0.4, -0.2) is 28.0 Å². The second kappa shape index (κ2) is 6.50.